The van der Waals surface area contributed by atoms with Gasteiger partial charge in [0.2, 0.25) is 0 Å². The first-order valence-electron chi connectivity index (χ1n) is 5.40. The summed E-state index contributed by atoms with van der Waals surface area (Å²) >= 11 is 0. The van der Waals surface area contributed by atoms with Crippen LogP contribution in [0.4, 0.5) is 0 Å². The quantitative estimate of drug-likeness (QED) is 0.729. The molecule has 0 heterocycles. The Kier molecular flexibility index (Phi) is 4.10. The van der Waals surface area contributed by atoms with Gasteiger partial charge in [0, 0.05) is 0 Å². The highest BCUT2D eigenvalue weighted by Gasteiger charge is 2.19. The van der Waals surface area contributed by atoms with E-state index in [1.165, 1.54) is 5.56 Å². The Labute approximate surface area is 92.5 Å². The third-order valence-corrected chi connectivity index (χ3v) is 2.48. The summed E-state index contributed by atoms with van der Waals surface area (Å²) in [7, 11) is 0. The summed E-state index contributed by atoms with van der Waals surface area (Å²) in [4.78, 5) is 0. The smallest absolute Gasteiger partial charge is 0.0659 e. The van der Waals surface area contributed by atoms with Crippen LogP contribution in [0, 0.1) is 0 Å². The first-order valence-corrected chi connectivity index (χ1v) is 5.40. The highest BCUT2D eigenvalue weighted by Crippen LogP contribution is 2.21. The molecule has 82 valence electrons. The Morgan fingerprint density at radius 1 is 1.33 bits per heavy atom. The molecular formula is C14H20O. The van der Waals surface area contributed by atoms with Gasteiger partial charge in [-0.25, -0.2) is 0 Å². The van der Waals surface area contributed by atoms with Crippen molar-refractivity contribution in [3.63, 3.8) is 0 Å². The van der Waals surface area contributed by atoms with Crippen molar-refractivity contribution in [2.24, 2.45) is 0 Å². The minimum Gasteiger partial charge on any atom is -0.390 e. The Bertz CT molecular complexity index is 311. The van der Waals surface area contributed by atoms with Crippen molar-refractivity contribution in [1.29, 1.82) is 0 Å². The van der Waals surface area contributed by atoms with E-state index in [2.05, 4.69) is 18.7 Å². The van der Waals surface area contributed by atoms with E-state index in [0.29, 0.717) is 6.42 Å². The molecule has 1 heteroatoms. The normalized spacial score (nSPS) is 14.6. The van der Waals surface area contributed by atoms with Crippen LogP contribution >= 0.6 is 0 Å². The van der Waals surface area contributed by atoms with Crippen molar-refractivity contribution in [3.8, 4) is 0 Å². The lowest BCUT2D eigenvalue weighted by Crippen LogP contribution is -2.24. The molecule has 0 aliphatic rings. The van der Waals surface area contributed by atoms with Crippen LogP contribution < -0.4 is 0 Å². The number of hydrogen-bond acceptors (Lipinski definition) is 1. The number of aryl methyl sites for hydroxylation is 1. The number of aliphatic hydroxyl groups is 1. The largest absolute Gasteiger partial charge is 0.390 e. The average molecular weight is 204 g/mol. The molecule has 0 radical (unpaired) electrons. The average Bonchev–Trinajstić information content (AvgIpc) is 2.15. The maximum Gasteiger partial charge on any atom is 0.0659 e. The first kappa shape index (κ1) is 12.0. The van der Waals surface area contributed by atoms with Gasteiger partial charge >= 0.3 is 0 Å². The van der Waals surface area contributed by atoms with E-state index >= 15 is 0 Å². The third kappa shape index (κ3) is 4.80. The van der Waals surface area contributed by atoms with Crippen LogP contribution in [0.5, 0.6) is 0 Å². The monoisotopic (exact) mass is 204 g/mol. The Balaban J connectivity index is 2.46. The predicted molar refractivity (Wildman–Crippen MR) is 64.8 cm³/mol. The van der Waals surface area contributed by atoms with Crippen LogP contribution in [0.1, 0.15) is 32.3 Å². The molecule has 0 unspecified atom stereocenters. The van der Waals surface area contributed by atoms with Crippen molar-refractivity contribution in [2.45, 2.75) is 38.7 Å². The second-order valence-corrected chi connectivity index (χ2v) is 4.62. The van der Waals surface area contributed by atoms with E-state index in [1.807, 2.05) is 32.0 Å². The summed E-state index contributed by atoms with van der Waals surface area (Å²) in [6.07, 6.45) is 2.38. The van der Waals surface area contributed by atoms with Crippen molar-refractivity contribution in [2.75, 3.05) is 0 Å². The van der Waals surface area contributed by atoms with Gasteiger partial charge in [0.05, 0.1) is 5.60 Å². The molecule has 0 saturated heterocycles. The molecule has 0 fully saturated rings. The van der Waals surface area contributed by atoms with Crippen LogP contribution in [-0.2, 0) is 6.42 Å². The fourth-order valence-corrected chi connectivity index (χ4v) is 1.80. The van der Waals surface area contributed by atoms with Gasteiger partial charge in [0.25, 0.3) is 0 Å². The molecule has 1 aromatic carbocycles. The summed E-state index contributed by atoms with van der Waals surface area (Å²) < 4.78 is 0. The van der Waals surface area contributed by atoms with Crippen molar-refractivity contribution >= 4 is 0 Å². The van der Waals surface area contributed by atoms with Gasteiger partial charge in [-0.15, -0.1) is 6.58 Å². The molecule has 1 rings (SSSR count). The molecule has 1 nitrogen and oxygen atoms in total. The topological polar surface area (TPSA) is 20.2 Å². The maximum atomic E-state index is 10.1. The molecule has 0 amide bonds. The zero-order valence-corrected chi connectivity index (χ0v) is 9.66. The molecule has 0 spiro atoms. The maximum absolute atomic E-state index is 10.1. The van der Waals surface area contributed by atoms with E-state index < -0.39 is 5.60 Å². The van der Waals surface area contributed by atoms with Gasteiger partial charge in [-0.1, -0.05) is 35.9 Å². The van der Waals surface area contributed by atoms with E-state index in [1.54, 1.807) is 0 Å². The van der Waals surface area contributed by atoms with Gasteiger partial charge < -0.3 is 5.11 Å². The van der Waals surface area contributed by atoms with Gasteiger partial charge in [-0.3, -0.25) is 0 Å². The first-order chi connectivity index (χ1) is 6.99. The fraction of sp³-hybridized carbons (Fsp3) is 0.429. The fourth-order valence-electron chi connectivity index (χ4n) is 1.80. The second-order valence-electron chi connectivity index (χ2n) is 4.62. The summed E-state index contributed by atoms with van der Waals surface area (Å²) in [5.41, 5.74) is 1.69. The van der Waals surface area contributed by atoms with E-state index in [0.717, 1.165) is 18.4 Å². The predicted octanol–water partition coefficient (Wildman–Crippen LogP) is 3.34. The summed E-state index contributed by atoms with van der Waals surface area (Å²) in [6.45, 7) is 7.67. The number of benzene rings is 1. The highest BCUT2D eigenvalue weighted by molar-refractivity contribution is 5.15. The standard InChI is InChI=1S/C14H20O/c1-12(2)11-14(3,15)10-9-13-7-5-4-6-8-13/h4-8,15H,1,9-11H2,2-3H3/t14-/m1/s1. The van der Waals surface area contributed by atoms with Crippen LogP contribution in [0.2, 0.25) is 0 Å². The Hall–Kier alpha value is -1.08. The molecule has 0 saturated carbocycles. The Morgan fingerprint density at radius 3 is 2.47 bits per heavy atom. The van der Waals surface area contributed by atoms with E-state index in [-0.39, 0.29) is 0 Å². The Morgan fingerprint density at radius 2 is 1.93 bits per heavy atom. The minimum atomic E-state index is -0.623. The molecule has 1 aromatic rings. The van der Waals surface area contributed by atoms with Crippen molar-refractivity contribution in [3.05, 3.63) is 48.0 Å². The van der Waals surface area contributed by atoms with Crippen LogP contribution in [0.15, 0.2) is 42.5 Å². The minimum absolute atomic E-state index is 0.623. The number of rotatable bonds is 5. The molecule has 1 atom stereocenters. The second kappa shape index (κ2) is 5.13. The zero-order valence-electron chi connectivity index (χ0n) is 9.66. The lowest BCUT2D eigenvalue weighted by molar-refractivity contribution is 0.0517. The van der Waals surface area contributed by atoms with Crippen LogP contribution in [-0.4, -0.2) is 10.7 Å². The van der Waals surface area contributed by atoms with Crippen molar-refractivity contribution < 1.29 is 5.11 Å². The summed E-state index contributed by atoms with van der Waals surface area (Å²) in [5.74, 6) is 0. The van der Waals surface area contributed by atoms with E-state index in [9.17, 15) is 5.11 Å². The molecule has 15 heavy (non-hydrogen) atoms. The highest BCUT2D eigenvalue weighted by atomic mass is 16.3. The van der Waals surface area contributed by atoms with Gasteiger partial charge in [-0.05, 0) is 38.7 Å². The van der Waals surface area contributed by atoms with Crippen molar-refractivity contribution in [1.82, 2.24) is 0 Å². The van der Waals surface area contributed by atoms with E-state index in [4.69, 9.17) is 0 Å². The van der Waals surface area contributed by atoms with Gasteiger partial charge in [-0.2, -0.15) is 0 Å². The zero-order chi connectivity index (χ0) is 11.3. The van der Waals surface area contributed by atoms with Crippen LogP contribution in [0.3, 0.4) is 0 Å². The number of hydrogen-bond donors (Lipinski definition) is 1. The molecule has 0 aromatic heterocycles. The van der Waals surface area contributed by atoms with Crippen LogP contribution in [0.25, 0.3) is 0 Å². The molecule has 0 aliphatic heterocycles. The molecule has 1 N–H and O–H groups in total. The lowest BCUT2D eigenvalue weighted by Gasteiger charge is -2.23. The summed E-state index contributed by atoms with van der Waals surface area (Å²) in [6, 6.07) is 10.3. The molecular weight excluding hydrogens is 184 g/mol. The van der Waals surface area contributed by atoms with Gasteiger partial charge in [0.15, 0.2) is 0 Å². The third-order valence-electron chi connectivity index (χ3n) is 2.48. The van der Waals surface area contributed by atoms with Gasteiger partial charge in [0.1, 0.15) is 0 Å². The lowest BCUT2D eigenvalue weighted by atomic mass is 9.91. The SMILES string of the molecule is C=C(C)C[C@](C)(O)CCc1ccccc1. The summed E-state index contributed by atoms with van der Waals surface area (Å²) in [5, 5.41) is 10.1. The molecule has 0 bridgehead atoms. The molecule has 0 aliphatic carbocycles.